The third kappa shape index (κ3) is 4.10. The molecule has 0 N–H and O–H groups in total. The first-order valence-electron chi connectivity index (χ1n) is 16.3. The SMILES string of the molecule is CC1C2CC(CCCCC3CC4CC3C(C)C4C3C(C)C4CC3C(C)(C[N+](C)(C)C)C4)C(C2)C1C. The molecule has 0 aliphatic heterocycles. The van der Waals surface area contributed by atoms with Gasteiger partial charge in [0, 0.05) is 5.41 Å². The van der Waals surface area contributed by atoms with Gasteiger partial charge in [0.2, 0.25) is 0 Å². The summed E-state index contributed by atoms with van der Waals surface area (Å²) in [4.78, 5) is 0. The van der Waals surface area contributed by atoms with E-state index in [1.807, 2.05) is 0 Å². The Bertz CT molecular complexity index is 776. The Labute approximate surface area is 219 Å². The molecular weight excluding hydrogens is 422 g/mol. The van der Waals surface area contributed by atoms with Crippen molar-refractivity contribution in [2.45, 2.75) is 98.8 Å². The summed E-state index contributed by atoms with van der Waals surface area (Å²) in [5, 5.41) is 0. The highest BCUT2D eigenvalue weighted by atomic mass is 15.3. The first-order chi connectivity index (χ1) is 16.5. The van der Waals surface area contributed by atoms with Crippen molar-refractivity contribution in [3.63, 3.8) is 0 Å². The zero-order valence-electron chi connectivity index (χ0n) is 24.8. The van der Waals surface area contributed by atoms with Gasteiger partial charge in [-0.25, -0.2) is 0 Å². The maximum absolute atomic E-state index is 2.72. The second-order valence-corrected chi connectivity index (χ2v) is 17.1. The molecule has 0 aromatic carbocycles. The zero-order valence-corrected chi connectivity index (χ0v) is 24.8. The van der Waals surface area contributed by atoms with Crippen LogP contribution in [0, 0.1) is 88.3 Å². The lowest BCUT2D eigenvalue weighted by Gasteiger charge is -2.49. The second-order valence-electron chi connectivity index (χ2n) is 17.1. The minimum absolute atomic E-state index is 0.593. The summed E-state index contributed by atoms with van der Waals surface area (Å²) in [6, 6.07) is 0. The molecule has 0 amide bonds. The molecule has 200 valence electrons. The topological polar surface area (TPSA) is 0 Å². The van der Waals surface area contributed by atoms with Crippen LogP contribution in [-0.2, 0) is 0 Å². The number of unbranched alkanes of at least 4 members (excludes halogenated alkanes) is 1. The zero-order chi connectivity index (χ0) is 24.9. The van der Waals surface area contributed by atoms with Crippen molar-refractivity contribution in [3.8, 4) is 0 Å². The smallest absolute Gasteiger partial charge is 0.0837 e. The van der Waals surface area contributed by atoms with Crippen LogP contribution in [0.1, 0.15) is 98.8 Å². The standard InChI is InChI=1S/C34H60N/c1-20-21(2)29-15-26(20)13-24(29)11-9-10-12-25-14-27-16-30(25)23(4)32(27)33-22(3)28-17-31(33)34(5,18-28)19-35(6,7)8/h20-33H,9-19H2,1-8H3/q+1. The van der Waals surface area contributed by atoms with Crippen LogP contribution >= 0.6 is 0 Å². The van der Waals surface area contributed by atoms with Crippen LogP contribution in [0.3, 0.4) is 0 Å². The van der Waals surface area contributed by atoms with Gasteiger partial charge in [-0.1, -0.05) is 60.3 Å². The summed E-state index contributed by atoms with van der Waals surface area (Å²) >= 11 is 0. The van der Waals surface area contributed by atoms with E-state index in [4.69, 9.17) is 0 Å². The van der Waals surface area contributed by atoms with Gasteiger partial charge in [0.25, 0.3) is 0 Å². The Balaban J connectivity index is 1.02. The van der Waals surface area contributed by atoms with Crippen molar-refractivity contribution in [2.24, 2.45) is 88.3 Å². The highest BCUT2D eigenvalue weighted by Gasteiger charge is 2.64. The van der Waals surface area contributed by atoms with Crippen LogP contribution in [-0.4, -0.2) is 32.2 Å². The summed E-state index contributed by atoms with van der Waals surface area (Å²) < 4.78 is 1.15. The van der Waals surface area contributed by atoms with Crippen molar-refractivity contribution >= 4 is 0 Å². The van der Waals surface area contributed by atoms with E-state index in [9.17, 15) is 0 Å². The average Bonchev–Trinajstić information content (AvgIpc) is 3.57. The Hall–Kier alpha value is -0.0400. The maximum Gasteiger partial charge on any atom is 0.0837 e. The van der Waals surface area contributed by atoms with E-state index >= 15 is 0 Å². The fourth-order valence-electron chi connectivity index (χ4n) is 13.1. The molecule has 6 saturated carbocycles. The van der Waals surface area contributed by atoms with Gasteiger partial charge in [-0.3, -0.25) is 0 Å². The lowest BCUT2D eigenvalue weighted by Crippen LogP contribution is -2.50. The molecule has 1 nitrogen and oxygen atoms in total. The van der Waals surface area contributed by atoms with E-state index in [0.29, 0.717) is 5.41 Å². The second kappa shape index (κ2) is 8.74. The quantitative estimate of drug-likeness (QED) is 0.241. The Morgan fingerprint density at radius 3 is 1.77 bits per heavy atom. The Morgan fingerprint density at radius 2 is 1.23 bits per heavy atom. The molecule has 0 saturated heterocycles. The third-order valence-corrected chi connectivity index (χ3v) is 14.3. The lowest BCUT2D eigenvalue weighted by molar-refractivity contribution is -0.878. The average molecular weight is 483 g/mol. The summed E-state index contributed by atoms with van der Waals surface area (Å²) in [5.41, 5.74) is 0.593. The molecule has 35 heavy (non-hydrogen) atoms. The molecule has 0 aromatic rings. The molecule has 6 aliphatic rings. The predicted molar refractivity (Wildman–Crippen MR) is 149 cm³/mol. The highest BCUT2D eigenvalue weighted by molar-refractivity contribution is 5.11. The first-order valence-corrected chi connectivity index (χ1v) is 16.3. The van der Waals surface area contributed by atoms with E-state index in [1.54, 1.807) is 44.9 Å². The van der Waals surface area contributed by atoms with Crippen LogP contribution < -0.4 is 0 Å². The molecule has 0 radical (unpaired) electrons. The van der Waals surface area contributed by atoms with Gasteiger partial charge in [0.05, 0.1) is 27.7 Å². The number of rotatable bonds is 8. The highest BCUT2D eigenvalue weighted by Crippen LogP contribution is 2.69. The van der Waals surface area contributed by atoms with Gasteiger partial charge < -0.3 is 4.48 Å². The number of fused-ring (bicyclic) bond motifs is 6. The molecule has 0 heterocycles. The third-order valence-electron chi connectivity index (χ3n) is 14.3. The molecular formula is C34H60N+. The Kier molecular flexibility index (Phi) is 6.31. The van der Waals surface area contributed by atoms with Crippen LogP contribution in [0.15, 0.2) is 0 Å². The number of quaternary nitrogens is 1. The molecule has 1 heteroatoms. The van der Waals surface area contributed by atoms with Crippen LogP contribution in [0.2, 0.25) is 0 Å². The first kappa shape index (κ1) is 25.2. The van der Waals surface area contributed by atoms with Gasteiger partial charge >= 0.3 is 0 Å². The number of hydrogen-bond donors (Lipinski definition) is 0. The van der Waals surface area contributed by atoms with Crippen LogP contribution in [0.5, 0.6) is 0 Å². The normalized spacial score (nSPS) is 56.6. The fourth-order valence-corrected chi connectivity index (χ4v) is 13.1. The van der Waals surface area contributed by atoms with E-state index in [-0.39, 0.29) is 0 Å². The summed E-state index contributed by atoms with van der Waals surface area (Å²) in [7, 11) is 7.29. The van der Waals surface area contributed by atoms with Crippen LogP contribution in [0.4, 0.5) is 0 Å². The minimum atomic E-state index is 0.593. The lowest BCUT2D eigenvalue weighted by atomic mass is 9.57. The van der Waals surface area contributed by atoms with Gasteiger partial charge in [-0.05, 0) is 121 Å². The molecule has 6 fully saturated rings. The maximum atomic E-state index is 2.72. The molecule has 0 aromatic heterocycles. The van der Waals surface area contributed by atoms with Crippen molar-refractivity contribution in [2.75, 3.05) is 27.7 Å². The van der Waals surface area contributed by atoms with E-state index in [2.05, 4.69) is 55.8 Å². The molecule has 6 bridgehead atoms. The largest absolute Gasteiger partial charge is 0.330 e. The van der Waals surface area contributed by atoms with Gasteiger partial charge in [0.1, 0.15) is 0 Å². The predicted octanol–water partition coefficient (Wildman–Crippen LogP) is 8.39. The van der Waals surface area contributed by atoms with Gasteiger partial charge in [-0.2, -0.15) is 0 Å². The van der Waals surface area contributed by atoms with E-state index < -0.39 is 0 Å². The van der Waals surface area contributed by atoms with Crippen molar-refractivity contribution in [1.82, 2.24) is 0 Å². The molecule has 6 rings (SSSR count). The molecule has 15 unspecified atom stereocenters. The minimum Gasteiger partial charge on any atom is -0.330 e. The van der Waals surface area contributed by atoms with Crippen molar-refractivity contribution in [1.29, 1.82) is 0 Å². The van der Waals surface area contributed by atoms with E-state index in [1.165, 1.54) is 25.8 Å². The van der Waals surface area contributed by atoms with Gasteiger partial charge in [-0.15, -0.1) is 0 Å². The number of nitrogens with zero attached hydrogens (tertiary/aromatic N) is 1. The summed E-state index contributed by atoms with van der Waals surface area (Å²) in [5.74, 6) is 14.7. The van der Waals surface area contributed by atoms with Crippen molar-refractivity contribution < 1.29 is 4.48 Å². The monoisotopic (exact) mass is 482 g/mol. The summed E-state index contributed by atoms with van der Waals surface area (Å²) in [6.07, 6.45) is 15.6. The molecule has 15 atom stereocenters. The van der Waals surface area contributed by atoms with Crippen LogP contribution in [0.25, 0.3) is 0 Å². The van der Waals surface area contributed by atoms with Gasteiger partial charge in [0.15, 0.2) is 0 Å². The number of hydrogen-bond acceptors (Lipinski definition) is 0. The Morgan fingerprint density at radius 1 is 0.629 bits per heavy atom. The van der Waals surface area contributed by atoms with Crippen molar-refractivity contribution in [3.05, 3.63) is 0 Å². The summed E-state index contributed by atoms with van der Waals surface area (Å²) in [6.45, 7) is 14.6. The molecule has 0 spiro atoms. The molecule has 6 aliphatic carbocycles. The fraction of sp³-hybridized carbons (Fsp3) is 1.00. The van der Waals surface area contributed by atoms with E-state index in [0.717, 1.165) is 87.3 Å².